The SMILES string of the molecule is CCOc1cc(/C=C2/SC(=Nc3ccccc3)N(c3ccccc3)C2=O)cc(Br)c1OS(=O)(=O)c1ccc(C)cc1. The molecule has 1 heterocycles. The molecular formula is C31H25BrN2O5S2. The van der Waals surface area contributed by atoms with E-state index in [0.717, 1.165) is 11.3 Å². The van der Waals surface area contributed by atoms with Crippen molar-refractivity contribution in [2.24, 2.45) is 4.99 Å². The predicted molar refractivity (Wildman–Crippen MR) is 167 cm³/mol. The van der Waals surface area contributed by atoms with E-state index in [-0.39, 0.29) is 28.9 Å². The first-order chi connectivity index (χ1) is 19.7. The molecule has 1 amide bonds. The van der Waals surface area contributed by atoms with Crippen LogP contribution in [0.4, 0.5) is 11.4 Å². The summed E-state index contributed by atoms with van der Waals surface area (Å²) in [5.74, 6) is 0.0161. The third-order valence-electron chi connectivity index (χ3n) is 5.93. The van der Waals surface area contributed by atoms with Crippen LogP contribution in [0.15, 0.2) is 116 Å². The van der Waals surface area contributed by atoms with E-state index >= 15 is 0 Å². The van der Waals surface area contributed by atoms with Crippen LogP contribution in [0.3, 0.4) is 0 Å². The van der Waals surface area contributed by atoms with E-state index in [1.54, 1.807) is 42.2 Å². The Bertz CT molecular complexity index is 1740. The number of amides is 1. The van der Waals surface area contributed by atoms with Gasteiger partial charge in [-0.2, -0.15) is 8.42 Å². The maximum absolute atomic E-state index is 13.7. The molecule has 0 aromatic heterocycles. The fourth-order valence-electron chi connectivity index (χ4n) is 4.00. The van der Waals surface area contributed by atoms with Gasteiger partial charge in [0, 0.05) is 0 Å². The first kappa shape index (κ1) is 28.7. The van der Waals surface area contributed by atoms with Crippen LogP contribution in [0.25, 0.3) is 6.08 Å². The summed E-state index contributed by atoms with van der Waals surface area (Å²) in [5, 5.41) is 0.520. The van der Waals surface area contributed by atoms with Crippen molar-refractivity contribution in [2.75, 3.05) is 11.5 Å². The number of halogens is 1. The van der Waals surface area contributed by atoms with Crippen LogP contribution < -0.4 is 13.8 Å². The number of amidine groups is 1. The number of aliphatic imine (C=N–C) groups is 1. The van der Waals surface area contributed by atoms with E-state index < -0.39 is 10.1 Å². The van der Waals surface area contributed by atoms with Gasteiger partial charge in [0.05, 0.1) is 27.4 Å². The molecule has 0 bridgehead atoms. The molecule has 0 radical (unpaired) electrons. The van der Waals surface area contributed by atoms with Gasteiger partial charge in [-0.1, -0.05) is 54.1 Å². The Kier molecular flexibility index (Phi) is 8.63. The zero-order valence-electron chi connectivity index (χ0n) is 22.2. The molecule has 208 valence electrons. The molecule has 1 saturated heterocycles. The third-order valence-corrected chi connectivity index (χ3v) is 8.73. The van der Waals surface area contributed by atoms with Gasteiger partial charge in [-0.3, -0.25) is 9.69 Å². The highest BCUT2D eigenvalue weighted by molar-refractivity contribution is 9.10. The molecule has 0 spiro atoms. The Morgan fingerprint density at radius 2 is 1.61 bits per heavy atom. The lowest BCUT2D eigenvalue weighted by Gasteiger charge is -2.15. The lowest BCUT2D eigenvalue weighted by molar-refractivity contribution is -0.113. The summed E-state index contributed by atoms with van der Waals surface area (Å²) >= 11 is 4.70. The van der Waals surface area contributed by atoms with E-state index in [1.807, 2.05) is 67.6 Å². The molecule has 0 atom stereocenters. The highest BCUT2D eigenvalue weighted by Gasteiger charge is 2.35. The van der Waals surface area contributed by atoms with Gasteiger partial charge in [0.25, 0.3) is 5.91 Å². The Hall–Kier alpha value is -3.86. The van der Waals surface area contributed by atoms with Gasteiger partial charge in [-0.15, -0.1) is 0 Å². The number of para-hydroxylation sites is 2. The van der Waals surface area contributed by atoms with Gasteiger partial charge in [-0.05, 0) is 102 Å². The summed E-state index contributed by atoms with van der Waals surface area (Å²) < 4.78 is 37.7. The average molecular weight is 650 g/mol. The van der Waals surface area contributed by atoms with Crippen LogP contribution in [0.1, 0.15) is 18.1 Å². The molecule has 0 unspecified atom stereocenters. The van der Waals surface area contributed by atoms with E-state index in [9.17, 15) is 13.2 Å². The second kappa shape index (κ2) is 12.3. The molecule has 7 nitrogen and oxygen atoms in total. The zero-order chi connectivity index (χ0) is 29.0. The van der Waals surface area contributed by atoms with Crippen LogP contribution in [0.2, 0.25) is 0 Å². The number of nitrogens with zero attached hydrogens (tertiary/aromatic N) is 2. The maximum Gasteiger partial charge on any atom is 0.339 e. The molecule has 5 rings (SSSR count). The summed E-state index contributed by atoms with van der Waals surface area (Å²) in [5.41, 5.74) is 2.97. The lowest BCUT2D eigenvalue weighted by Crippen LogP contribution is -2.28. The summed E-state index contributed by atoms with van der Waals surface area (Å²) in [6, 6.07) is 28.5. The van der Waals surface area contributed by atoms with E-state index in [2.05, 4.69) is 15.9 Å². The highest BCUT2D eigenvalue weighted by atomic mass is 79.9. The van der Waals surface area contributed by atoms with Crippen molar-refractivity contribution in [1.29, 1.82) is 0 Å². The molecule has 4 aromatic carbocycles. The van der Waals surface area contributed by atoms with E-state index in [0.29, 0.717) is 25.8 Å². The third kappa shape index (κ3) is 6.56. The molecule has 1 fully saturated rings. The van der Waals surface area contributed by atoms with Crippen molar-refractivity contribution in [2.45, 2.75) is 18.7 Å². The largest absolute Gasteiger partial charge is 0.490 e. The van der Waals surface area contributed by atoms with Crippen molar-refractivity contribution in [3.63, 3.8) is 0 Å². The summed E-state index contributed by atoms with van der Waals surface area (Å²) in [4.78, 5) is 20.4. The predicted octanol–water partition coefficient (Wildman–Crippen LogP) is 7.73. The lowest BCUT2D eigenvalue weighted by atomic mass is 10.2. The minimum atomic E-state index is -4.12. The van der Waals surface area contributed by atoms with Crippen molar-refractivity contribution >= 4 is 66.3 Å². The number of carbonyl (C=O) groups is 1. The Labute approximate surface area is 251 Å². The smallest absolute Gasteiger partial charge is 0.339 e. The second-order valence-corrected chi connectivity index (χ2v) is 12.3. The summed E-state index contributed by atoms with van der Waals surface area (Å²) in [7, 11) is -4.12. The van der Waals surface area contributed by atoms with E-state index in [1.165, 1.54) is 23.9 Å². The molecule has 1 aliphatic heterocycles. The number of benzene rings is 4. The van der Waals surface area contributed by atoms with Gasteiger partial charge in [-0.25, -0.2) is 4.99 Å². The van der Waals surface area contributed by atoms with Gasteiger partial charge in [0.2, 0.25) is 0 Å². The molecule has 0 N–H and O–H groups in total. The fraction of sp³-hybridized carbons (Fsp3) is 0.0968. The molecule has 10 heteroatoms. The summed E-state index contributed by atoms with van der Waals surface area (Å²) in [6.07, 6.45) is 1.72. The molecule has 1 aliphatic rings. The number of ether oxygens (including phenoxy) is 1. The number of aryl methyl sites for hydroxylation is 1. The van der Waals surface area contributed by atoms with E-state index in [4.69, 9.17) is 13.9 Å². The monoisotopic (exact) mass is 648 g/mol. The molecule has 0 aliphatic carbocycles. The molecule has 4 aromatic rings. The molecule has 0 saturated carbocycles. The van der Waals surface area contributed by atoms with Gasteiger partial charge < -0.3 is 8.92 Å². The maximum atomic E-state index is 13.7. The zero-order valence-corrected chi connectivity index (χ0v) is 25.4. The van der Waals surface area contributed by atoms with Crippen molar-refractivity contribution in [1.82, 2.24) is 0 Å². The first-order valence-corrected chi connectivity index (χ1v) is 15.7. The standard InChI is InChI=1S/C31H25BrN2O5S2/c1-3-38-27-19-22(18-26(32)29(27)39-41(36,37)25-16-14-21(2)15-17-25)20-28-30(35)34(24-12-8-5-9-13-24)31(40-28)33-23-10-6-4-7-11-23/h4-20H,3H2,1-2H3/b28-20+,33-31?. The van der Waals surface area contributed by atoms with Crippen molar-refractivity contribution in [3.05, 3.63) is 118 Å². The van der Waals surface area contributed by atoms with Crippen molar-refractivity contribution < 1.29 is 22.1 Å². The van der Waals surface area contributed by atoms with Gasteiger partial charge in [0.1, 0.15) is 4.90 Å². The van der Waals surface area contributed by atoms with Gasteiger partial charge >= 0.3 is 10.1 Å². The first-order valence-electron chi connectivity index (χ1n) is 12.7. The summed E-state index contributed by atoms with van der Waals surface area (Å²) in [6.45, 7) is 3.94. The number of thioether (sulfide) groups is 1. The number of rotatable bonds is 8. The van der Waals surface area contributed by atoms with Crippen LogP contribution in [0, 0.1) is 6.92 Å². The van der Waals surface area contributed by atoms with Crippen LogP contribution in [-0.4, -0.2) is 26.1 Å². The number of hydrogen-bond acceptors (Lipinski definition) is 7. The molecular weight excluding hydrogens is 624 g/mol. The minimum Gasteiger partial charge on any atom is -0.490 e. The Balaban J connectivity index is 1.52. The normalized spacial score (nSPS) is 15.5. The van der Waals surface area contributed by atoms with Crippen LogP contribution >= 0.6 is 27.7 Å². The number of anilines is 1. The van der Waals surface area contributed by atoms with Crippen LogP contribution in [-0.2, 0) is 14.9 Å². The minimum absolute atomic E-state index is 0.0252. The second-order valence-electron chi connectivity index (χ2n) is 8.93. The average Bonchev–Trinajstić information content (AvgIpc) is 3.25. The van der Waals surface area contributed by atoms with Crippen molar-refractivity contribution in [3.8, 4) is 11.5 Å². The molecule has 41 heavy (non-hydrogen) atoms. The highest BCUT2D eigenvalue weighted by Crippen LogP contribution is 2.41. The number of carbonyl (C=O) groups excluding carboxylic acids is 1. The number of hydrogen-bond donors (Lipinski definition) is 0. The Morgan fingerprint density at radius 3 is 2.27 bits per heavy atom. The fourth-order valence-corrected chi connectivity index (χ4v) is 6.60. The quantitative estimate of drug-likeness (QED) is 0.144. The van der Waals surface area contributed by atoms with Crippen LogP contribution in [0.5, 0.6) is 11.5 Å². The Morgan fingerprint density at radius 1 is 0.951 bits per heavy atom. The van der Waals surface area contributed by atoms with Gasteiger partial charge in [0.15, 0.2) is 16.7 Å². The topological polar surface area (TPSA) is 85.3 Å².